The molecule has 0 saturated carbocycles. The first-order valence-corrected chi connectivity index (χ1v) is 5.50. The number of carbonyl (C=O) groups is 1. The van der Waals surface area contributed by atoms with E-state index in [2.05, 4.69) is 10.3 Å². The number of hydrogen-bond donors (Lipinski definition) is 2. The smallest absolute Gasteiger partial charge is 0.416 e. The number of aromatic carboxylic acids is 1. The molecule has 0 saturated heterocycles. The number of carboxylic acid groups (broad SMARTS) is 1. The number of aromatic nitrogens is 1. The molecule has 7 heteroatoms. The van der Waals surface area contributed by atoms with Gasteiger partial charge < -0.3 is 10.4 Å². The van der Waals surface area contributed by atoms with Crippen molar-refractivity contribution in [1.82, 2.24) is 4.98 Å². The molecule has 20 heavy (non-hydrogen) atoms. The van der Waals surface area contributed by atoms with Crippen LogP contribution in [0.25, 0.3) is 0 Å². The summed E-state index contributed by atoms with van der Waals surface area (Å²) >= 11 is 0. The third kappa shape index (κ3) is 3.25. The SMILES string of the molecule is O=C(O)c1ccc(Nc2cc(C(F)(F)F)ccn2)cc1. The van der Waals surface area contributed by atoms with Crippen LogP contribution in [-0.4, -0.2) is 16.1 Å². The first kappa shape index (κ1) is 13.9. The van der Waals surface area contributed by atoms with Gasteiger partial charge in [0.15, 0.2) is 0 Å². The van der Waals surface area contributed by atoms with Crippen molar-refractivity contribution in [3.8, 4) is 0 Å². The van der Waals surface area contributed by atoms with Crippen molar-refractivity contribution < 1.29 is 23.1 Å². The standard InChI is InChI=1S/C13H9F3N2O2/c14-13(15,16)9-5-6-17-11(7-9)18-10-3-1-8(2-4-10)12(19)20/h1-7H,(H,17,18)(H,19,20). The van der Waals surface area contributed by atoms with Crippen molar-refractivity contribution in [3.05, 3.63) is 53.7 Å². The minimum Gasteiger partial charge on any atom is -0.478 e. The minimum atomic E-state index is -4.44. The Morgan fingerprint density at radius 1 is 1.15 bits per heavy atom. The number of anilines is 2. The maximum atomic E-state index is 12.5. The highest BCUT2D eigenvalue weighted by molar-refractivity contribution is 5.88. The quantitative estimate of drug-likeness (QED) is 0.903. The van der Waals surface area contributed by atoms with Gasteiger partial charge in [-0.3, -0.25) is 0 Å². The fourth-order valence-electron chi connectivity index (χ4n) is 1.52. The molecule has 0 aliphatic rings. The second-order valence-electron chi connectivity index (χ2n) is 3.94. The molecule has 0 fully saturated rings. The number of nitrogens with zero attached hydrogens (tertiary/aromatic N) is 1. The third-order valence-corrected chi connectivity index (χ3v) is 2.49. The van der Waals surface area contributed by atoms with E-state index in [9.17, 15) is 18.0 Å². The Hall–Kier alpha value is -2.57. The lowest BCUT2D eigenvalue weighted by Gasteiger charge is -2.09. The van der Waals surface area contributed by atoms with Gasteiger partial charge in [0.2, 0.25) is 0 Å². The maximum absolute atomic E-state index is 12.5. The van der Waals surface area contributed by atoms with E-state index >= 15 is 0 Å². The van der Waals surface area contributed by atoms with E-state index in [-0.39, 0.29) is 11.4 Å². The highest BCUT2D eigenvalue weighted by Gasteiger charge is 2.30. The van der Waals surface area contributed by atoms with Crippen LogP contribution in [0, 0.1) is 0 Å². The number of alkyl halides is 3. The Bertz CT molecular complexity index is 624. The number of pyridine rings is 1. The fraction of sp³-hybridized carbons (Fsp3) is 0.0769. The van der Waals surface area contributed by atoms with Gasteiger partial charge in [-0.15, -0.1) is 0 Å². The summed E-state index contributed by atoms with van der Waals surface area (Å²) < 4.78 is 37.6. The molecule has 0 spiro atoms. The summed E-state index contributed by atoms with van der Waals surface area (Å²) in [4.78, 5) is 14.4. The zero-order valence-corrected chi connectivity index (χ0v) is 9.98. The van der Waals surface area contributed by atoms with Crippen molar-refractivity contribution in [2.45, 2.75) is 6.18 Å². The predicted octanol–water partition coefficient (Wildman–Crippen LogP) is 3.54. The lowest BCUT2D eigenvalue weighted by Crippen LogP contribution is -2.06. The summed E-state index contributed by atoms with van der Waals surface area (Å²) in [5.41, 5.74) is -0.272. The fourth-order valence-corrected chi connectivity index (χ4v) is 1.52. The zero-order chi connectivity index (χ0) is 14.8. The van der Waals surface area contributed by atoms with Crippen LogP contribution in [-0.2, 0) is 6.18 Å². The van der Waals surface area contributed by atoms with Crippen LogP contribution >= 0.6 is 0 Å². The summed E-state index contributed by atoms with van der Waals surface area (Å²) in [7, 11) is 0. The molecule has 2 N–H and O–H groups in total. The summed E-state index contributed by atoms with van der Waals surface area (Å²) in [6.45, 7) is 0. The molecule has 0 atom stereocenters. The molecule has 1 heterocycles. The van der Waals surface area contributed by atoms with Crippen LogP contribution in [0.15, 0.2) is 42.6 Å². The van der Waals surface area contributed by atoms with Gasteiger partial charge >= 0.3 is 12.1 Å². The highest BCUT2D eigenvalue weighted by atomic mass is 19.4. The van der Waals surface area contributed by atoms with Crippen LogP contribution in [0.1, 0.15) is 15.9 Å². The van der Waals surface area contributed by atoms with Crippen LogP contribution in [0.3, 0.4) is 0 Å². The molecule has 104 valence electrons. The number of hydrogen-bond acceptors (Lipinski definition) is 3. The monoisotopic (exact) mass is 282 g/mol. The van der Waals surface area contributed by atoms with E-state index < -0.39 is 17.7 Å². The van der Waals surface area contributed by atoms with Gasteiger partial charge in [-0.05, 0) is 36.4 Å². The molecule has 1 aromatic heterocycles. The van der Waals surface area contributed by atoms with Gasteiger partial charge in [0, 0.05) is 11.9 Å². The average molecular weight is 282 g/mol. The summed E-state index contributed by atoms with van der Waals surface area (Å²) in [6.07, 6.45) is -3.39. The van der Waals surface area contributed by atoms with Gasteiger partial charge in [-0.2, -0.15) is 13.2 Å². The van der Waals surface area contributed by atoms with E-state index in [1.807, 2.05) is 0 Å². The molecule has 0 radical (unpaired) electrons. The van der Waals surface area contributed by atoms with E-state index in [0.717, 1.165) is 18.3 Å². The van der Waals surface area contributed by atoms with Gasteiger partial charge in [0.05, 0.1) is 11.1 Å². The van der Waals surface area contributed by atoms with Crippen LogP contribution in [0.2, 0.25) is 0 Å². The van der Waals surface area contributed by atoms with Gasteiger partial charge in [-0.25, -0.2) is 9.78 Å². The average Bonchev–Trinajstić information content (AvgIpc) is 2.38. The van der Waals surface area contributed by atoms with E-state index in [1.54, 1.807) is 0 Å². The molecule has 0 amide bonds. The van der Waals surface area contributed by atoms with Crippen molar-refractivity contribution >= 4 is 17.5 Å². The molecule has 0 bridgehead atoms. The lowest BCUT2D eigenvalue weighted by atomic mass is 10.2. The molecule has 2 aromatic rings. The number of carboxylic acids is 1. The Kier molecular flexibility index (Phi) is 3.60. The predicted molar refractivity (Wildman–Crippen MR) is 65.9 cm³/mol. The highest BCUT2D eigenvalue weighted by Crippen LogP contribution is 2.30. The van der Waals surface area contributed by atoms with Crippen LogP contribution < -0.4 is 5.32 Å². The number of halogens is 3. The Labute approximate surface area is 111 Å². The Balaban J connectivity index is 2.20. The minimum absolute atomic E-state index is 0.0305. The van der Waals surface area contributed by atoms with Crippen molar-refractivity contribution in [2.75, 3.05) is 5.32 Å². The lowest BCUT2D eigenvalue weighted by molar-refractivity contribution is -0.137. The van der Waals surface area contributed by atoms with Crippen LogP contribution in [0.4, 0.5) is 24.7 Å². The Morgan fingerprint density at radius 2 is 1.80 bits per heavy atom. The normalized spacial score (nSPS) is 11.2. The molecular formula is C13H9F3N2O2. The molecule has 1 aromatic carbocycles. The first-order valence-electron chi connectivity index (χ1n) is 5.50. The van der Waals surface area contributed by atoms with Crippen LogP contribution in [0.5, 0.6) is 0 Å². The largest absolute Gasteiger partial charge is 0.478 e. The van der Waals surface area contributed by atoms with E-state index in [1.165, 1.54) is 24.3 Å². The van der Waals surface area contributed by atoms with Gasteiger partial charge in [0.1, 0.15) is 5.82 Å². The molecule has 0 aliphatic carbocycles. The van der Waals surface area contributed by atoms with Crippen molar-refractivity contribution in [2.24, 2.45) is 0 Å². The number of rotatable bonds is 3. The topological polar surface area (TPSA) is 62.2 Å². The van der Waals surface area contributed by atoms with Crippen molar-refractivity contribution in [1.29, 1.82) is 0 Å². The van der Waals surface area contributed by atoms with E-state index in [0.29, 0.717) is 5.69 Å². The molecular weight excluding hydrogens is 273 g/mol. The van der Waals surface area contributed by atoms with Gasteiger partial charge in [-0.1, -0.05) is 0 Å². The summed E-state index contributed by atoms with van der Waals surface area (Å²) in [6, 6.07) is 7.34. The Morgan fingerprint density at radius 3 is 2.35 bits per heavy atom. The molecule has 0 aliphatic heterocycles. The van der Waals surface area contributed by atoms with E-state index in [4.69, 9.17) is 5.11 Å². The van der Waals surface area contributed by atoms with Crippen molar-refractivity contribution in [3.63, 3.8) is 0 Å². The third-order valence-electron chi connectivity index (χ3n) is 2.49. The second-order valence-corrected chi connectivity index (χ2v) is 3.94. The zero-order valence-electron chi connectivity index (χ0n) is 9.98. The molecule has 0 unspecified atom stereocenters. The molecule has 4 nitrogen and oxygen atoms in total. The first-order chi connectivity index (χ1) is 9.36. The number of nitrogens with one attached hydrogen (secondary N) is 1. The van der Waals surface area contributed by atoms with Gasteiger partial charge in [0.25, 0.3) is 0 Å². The number of benzene rings is 1. The maximum Gasteiger partial charge on any atom is 0.416 e. The molecule has 2 rings (SSSR count). The summed E-state index contributed by atoms with van der Waals surface area (Å²) in [5, 5.41) is 11.4. The summed E-state index contributed by atoms with van der Waals surface area (Å²) in [5.74, 6) is -1.04. The second kappa shape index (κ2) is 5.20.